The maximum absolute atomic E-state index is 12.7. The molecule has 0 spiro atoms. The standard InChI is InChI=1S/C20H27ClN4O2/c1-20(2,3)27-19(26)24-10-5-4-9-16(24)15-12-18-22-14(13-7-6-8-13)11-17(21)25(18)23-15/h11-13,16H,4-10H2,1-3H3/t16-/m0/s1. The minimum atomic E-state index is -0.513. The van der Waals surface area contributed by atoms with Crippen LogP contribution in [0.3, 0.4) is 0 Å². The van der Waals surface area contributed by atoms with E-state index in [1.54, 1.807) is 9.42 Å². The first-order chi connectivity index (χ1) is 12.8. The molecule has 2 aromatic heterocycles. The lowest BCUT2D eigenvalue weighted by Gasteiger charge is -2.35. The summed E-state index contributed by atoms with van der Waals surface area (Å²) in [7, 11) is 0. The molecule has 1 aliphatic carbocycles. The van der Waals surface area contributed by atoms with Crippen molar-refractivity contribution < 1.29 is 9.53 Å². The molecule has 1 amide bonds. The molecule has 2 fully saturated rings. The number of piperidine rings is 1. The van der Waals surface area contributed by atoms with Crippen molar-refractivity contribution in [2.75, 3.05) is 6.54 Å². The number of carbonyl (C=O) groups excluding carboxylic acids is 1. The Labute approximate surface area is 164 Å². The highest BCUT2D eigenvalue weighted by molar-refractivity contribution is 6.29. The highest BCUT2D eigenvalue weighted by atomic mass is 35.5. The first-order valence-electron chi connectivity index (χ1n) is 9.87. The summed E-state index contributed by atoms with van der Waals surface area (Å²) < 4.78 is 7.29. The van der Waals surface area contributed by atoms with Crippen LogP contribution in [0.25, 0.3) is 5.65 Å². The van der Waals surface area contributed by atoms with Gasteiger partial charge < -0.3 is 4.74 Å². The molecule has 27 heavy (non-hydrogen) atoms. The van der Waals surface area contributed by atoms with Gasteiger partial charge in [-0.2, -0.15) is 5.10 Å². The zero-order valence-electron chi connectivity index (χ0n) is 16.2. The van der Waals surface area contributed by atoms with Gasteiger partial charge in [-0.05, 0) is 58.9 Å². The number of ether oxygens (including phenoxy) is 1. The molecular weight excluding hydrogens is 364 g/mol. The quantitative estimate of drug-likeness (QED) is 0.668. The zero-order chi connectivity index (χ0) is 19.2. The highest BCUT2D eigenvalue weighted by Gasteiger charge is 2.33. The number of rotatable bonds is 2. The molecule has 1 saturated heterocycles. The Kier molecular flexibility index (Phi) is 4.78. The predicted octanol–water partition coefficient (Wildman–Crippen LogP) is 5.11. The minimum Gasteiger partial charge on any atom is -0.444 e. The van der Waals surface area contributed by atoms with E-state index in [4.69, 9.17) is 21.3 Å². The molecule has 0 bridgehead atoms. The summed E-state index contributed by atoms with van der Waals surface area (Å²) in [6.07, 6.45) is 6.24. The van der Waals surface area contributed by atoms with Crippen LogP contribution in [0.15, 0.2) is 12.1 Å². The van der Waals surface area contributed by atoms with E-state index in [0.29, 0.717) is 17.6 Å². The molecule has 0 aromatic carbocycles. The normalized spacial score (nSPS) is 21.3. The number of hydrogen-bond acceptors (Lipinski definition) is 4. The van der Waals surface area contributed by atoms with Gasteiger partial charge in [0.2, 0.25) is 0 Å². The molecule has 1 aliphatic heterocycles. The Hall–Kier alpha value is -1.82. The first-order valence-corrected chi connectivity index (χ1v) is 10.3. The molecular formula is C20H27ClN4O2. The van der Waals surface area contributed by atoms with Crippen molar-refractivity contribution in [1.82, 2.24) is 19.5 Å². The largest absolute Gasteiger partial charge is 0.444 e. The van der Waals surface area contributed by atoms with Crippen LogP contribution in [0, 0.1) is 0 Å². The molecule has 4 rings (SSSR count). The van der Waals surface area contributed by atoms with E-state index in [1.807, 2.05) is 32.9 Å². The van der Waals surface area contributed by atoms with Crippen LogP contribution >= 0.6 is 11.6 Å². The molecule has 2 aliphatic rings. The van der Waals surface area contributed by atoms with Crippen LogP contribution in [0.4, 0.5) is 4.79 Å². The maximum Gasteiger partial charge on any atom is 0.410 e. The monoisotopic (exact) mass is 390 g/mol. The van der Waals surface area contributed by atoms with E-state index in [0.717, 1.165) is 36.3 Å². The molecule has 146 valence electrons. The maximum atomic E-state index is 12.7. The van der Waals surface area contributed by atoms with Crippen molar-refractivity contribution in [2.24, 2.45) is 0 Å². The fourth-order valence-corrected chi connectivity index (χ4v) is 4.06. The zero-order valence-corrected chi connectivity index (χ0v) is 17.0. The second-order valence-corrected chi connectivity index (χ2v) is 9.04. The van der Waals surface area contributed by atoms with Gasteiger partial charge in [0.1, 0.15) is 10.8 Å². The predicted molar refractivity (Wildman–Crippen MR) is 104 cm³/mol. The Morgan fingerprint density at radius 3 is 2.59 bits per heavy atom. The third-order valence-corrected chi connectivity index (χ3v) is 5.69. The van der Waals surface area contributed by atoms with Gasteiger partial charge in [0.25, 0.3) is 0 Å². The summed E-state index contributed by atoms with van der Waals surface area (Å²) >= 11 is 6.48. The molecule has 7 heteroatoms. The Balaban J connectivity index is 1.64. The molecule has 0 unspecified atom stereocenters. The van der Waals surface area contributed by atoms with Gasteiger partial charge in [0.05, 0.1) is 11.7 Å². The summed E-state index contributed by atoms with van der Waals surface area (Å²) in [6, 6.07) is 3.81. The summed E-state index contributed by atoms with van der Waals surface area (Å²) in [4.78, 5) is 19.3. The van der Waals surface area contributed by atoms with E-state index in [1.165, 1.54) is 19.3 Å². The number of aromatic nitrogens is 3. The van der Waals surface area contributed by atoms with Crippen LogP contribution in [0.2, 0.25) is 5.15 Å². The fourth-order valence-electron chi connectivity index (χ4n) is 3.83. The third-order valence-electron chi connectivity index (χ3n) is 5.42. The summed E-state index contributed by atoms with van der Waals surface area (Å²) in [5.41, 5.74) is 2.13. The van der Waals surface area contributed by atoms with Crippen molar-refractivity contribution in [3.05, 3.63) is 28.7 Å². The number of amides is 1. The molecule has 1 saturated carbocycles. The Morgan fingerprint density at radius 1 is 1.15 bits per heavy atom. The lowest BCUT2D eigenvalue weighted by atomic mass is 9.83. The molecule has 1 atom stereocenters. The second kappa shape index (κ2) is 6.97. The van der Waals surface area contributed by atoms with Crippen LogP contribution in [-0.4, -0.2) is 37.7 Å². The highest BCUT2D eigenvalue weighted by Crippen LogP contribution is 2.37. The van der Waals surface area contributed by atoms with E-state index >= 15 is 0 Å². The van der Waals surface area contributed by atoms with E-state index < -0.39 is 5.60 Å². The van der Waals surface area contributed by atoms with Crippen molar-refractivity contribution in [3.8, 4) is 0 Å². The fraction of sp³-hybridized carbons (Fsp3) is 0.650. The molecule has 0 N–H and O–H groups in total. The van der Waals surface area contributed by atoms with Crippen LogP contribution in [-0.2, 0) is 4.74 Å². The van der Waals surface area contributed by atoms with Gasteiger partial charge in [-0.1, -0.05) is 18.0 Å². The number of halogens is 1. The smallest absolute Gasteiger partial charge is 0.410 e. The molecule has 6 nitrogen and oxygen atoms in total. The van der Waals surface area contributed by atoms with Gasteiger partial charge in [-0.15, -0.1) is 0 Å². The lowest BCUT2D eigenvalue weighted by Crippen LogP contribution is -2.42. The number of carbonyl (C=O) groups is 1. The molecule has 2 aromatic rings. The topological polar surface area (TPSA) is 59.7 Å². The second-order valence-electron chi connectivity index (χ2n) is 8.66. The molecule has 0 radical (unpaired) electrons. The van der Waals surface area contributed by atoms with Gasteiger partial charge in [0.15, 0.2) is 5.65 Å². The average molecular weight is 391 g/mol. The van der Waals surface area contributed by atoms with Gasteiger partial charge in [-0.25, -0.2) is 14.3 Å². The Bertz CT molecular complexity index is 854. The Morgan fingerprint density at radius 2 is 1.93 bits per heavy atom. The molecule has 3 heterocycles. The summed E-state index contributed by atoms with van der Waals surface area (Å²) in [5.74, 6) is 0.513. The van der Waals surface area contributed by atoms with E-state index in [9.17, 15) is 4.79 Å². The van der Waals surface area contributed by atoms with E-state index in [-0.39, 0.29) is 12.1 Å². The lowest BCUT2D eigenvalue weighted by molar-refractivity contribution is 0.00898. The van der Waals surface area contributed by atoms with Crippen LogP contribution in [0.5, 0.6) is 0 Å². The SMILES string of the molecule is CC(C)(C)OC(=O)N1CCCC[C@H]1c1cc2nc(C3CCC3)cc(Cl)n2n1. The number of nitrogens with zero attached hydrogens (tertiary/aromatic N) is 4. The van der Waals surface area contributed by atoms with Gasteiger partial charge in [0, 0.05) is 24.2 Å². The van der Waals surface area contributed by atoms with Gasteiger partial charge >= 0.3 is 6.09 Å². The third kappa shape index (κ3) is 3.77. The minimum absolute atomic E-state index is 0.0986. The first kappa shape index (κ1) is 18.5. The summed E-state index contributed by atoms with van der Waals surface area (Å²) in [6.45, 7) is 6.35. The van der Waals surface area contributed by atoms with Crippen molar-refractivity contribution >= 4 is 23.3 Å². The van der Waals surface area contributed by atoms with Crippen LogP contribution < -0.4 is 0 Å². The number of hydrogen-bond donors (Lipinski definition) is 0. The van der Waals surface area contributed by atoms with E-state index in [2.05, 4.69) is 5.10 Å². The van der Waals surface area contributed by atoms with Gasteiger partial charge in [-0.3, -0.25) is 4.90 Å². The van der Waals surface area contributed by atoms with Crippen molar-refractivity contribution in [2.45, 2.75) is 76.9 Å². The average Bonchev–Trinajstić information content (AvgIpc) is 2.96. The van der Waals surface area contributed by atoms with Crippen LogP contribution in [0.1, 0.15) is 82.6 Å². The number of fused-ring (bicyclic) bond motifs is 1. The van der Waals surface area contributed by atoms with Crippen molar-refractivity contribution in [1.29, 1.82) is 0 Å². The number of likely N-dealkylation sites (tertiary alicyclic amines) is 1. The summed E-state index contributed by atoms with van der Waals surface area (Å²) in [5, 5.41) is 5.26. The van der Waals surface area contributed by atoms with Crippen molar-refractivity contribution in [3.63, 3.8) is 0 Å².